The van der Waals surface area contributed by atoms with Crippen LogP contribution in [0.25, 0.3) is 0 Å². The highest BCUT2D eigenvalue weighted by atomic mass is 16.6. The van der Waals surface area contributed by atoms with Crippen LogP contribution in [0.15, 0.2) is 0 Å². The topological polar surface area (TPSA) is 69.9 Å². The summed E-state index contributed by atoms with van der Waals surface area (Å²) in [5, 5.41) is 24.4. The minimum Gasteiger partial charge on any atom is -0.394 e. The Morgan fingerprint density at radius 3 is 1.75 bits per heavy atom. The van der Waals surface area contributed by atoms with Gasteiger partial charge in [0.2, 0.25) is 0 Å². The SMILES string of the molecule is CCCC(C)(O)OC.OCCO. The largest absolute Gasteiger partial charge is 0.394 e. The average Bonchev–Trinajstić information content (AvgIpc) is 2.05. The molecule has 3 N–H and O–H groups in total. The highest BCUT2D eigenvalue weighted by Gasteiger charge is 2.15. The molecule has 0 saturated heterocycles. The van der Waals surface area contributed by atoms with Gasteiger partial charge in [-0.2, -0.15) is 0 Å². The van der Waals surface area contributed by atoms with Crippen LogP contribution in [0.2, 0.25) is 0 Å². The summed E-state index contributed by atoms with van der Waals surface area (Å²) in [5.74, 6) is -0.908. The molecular weight excluding hydrogens is 160 g/mol. The zero-order valence-corrected chi connectivity index (χ0v) is 8.08. The summed E-state index contributed by atoms with van der Waals surface area (Å²) in [5.41, 5.74) is 0. The number of hydrogen-bond donors (Lipinski definition) is 3. The number of aliphatic hydroxyl groups is 3. The van der Waals surface area contributed by atoms with E-state index in [1.807, 2.05) is 6.92 Å². The Morgan fingerprint density at radius 2 is 1.67 bits per heavy atom. The maximum Gasteiger partial charge on any atom is 0.162 e. The first-order valence-electron chi connectivity index (χ1n) is 4.03. The van der Waals surface area contributed by atoms with Crippen molar-refractivity contribution in [2.24, 2.45) is 0 Å². The van der Waals surface area contributed by atoms with E-state index in [2.05, 4.69) is 0 Å². The fourth-order valence-electron chi connectivity index (χ4n) is 0.566. The fourth-order valence-corrected chi connectivity index (χ4v) is 0.566. The van der Waals surface area contributed by atoms with Crippen LogP contribution in [0.4, 0.5) is 0 Å². The Bertz CT molecular complexity index is 81.1. The second-order valence-corrected chi connectivity index (χ2v) is 2.58. The highest BCUT2D eigenvalue weighted by molar-refractivity contribution is 4.55. The predicted molar refractivity (Wildman–Crippen MR) is 46.7 cm³/mol. The number of rotatable bonds is 4. The summed E-state index contributed by atoms with van der Waals surface area (Å²) >= 11 is 0. The van der Waals surface area contributed by atoms with Gasteiger partial charge in [0.1, 0.15) is 0 Å². The second-order valence-electron chi connectivity index (χ2n) is 2.58. The van der Waals surface area contributed by atoms with Crippen LogP contribution in [-0.4, -0.2) is 41.4 Å². The van der Waals surface area contributed by atoms with Crippen molar-refractivity contribution in [1.82, 2.24) is 0 Å². The van der Waals surface area contributed by atoms with E-state index in [4.69, 9.17) is 20.1 Å². The highest BCUT2D eigenvalue weighted by Crippen LogP contribution is 2.10. The molecule has 0 aliphatic carbocycles. The summed E-state index contributed by atoms with van der Waals surface area (Å²) in [6.07, 6.45) is 1.64. The Balaban J connectivity index is 0. The molecule has 0 bridgehead atoms. The Kier molecular flexibility index (Phi) is 10.7. The molecule has 0 aromatic heterocycles. The molecule has 0 spiro atoms. The maximum absolute atomic E-state index is 9.10. The number of ether oxygens (including phenoxy) is 1. The molecule has 0 fully saturated rings. The third-order valence-electron chi connectivity index (χ3n) is 1.25. The van der Waals surface area contributed by atoms with Gasteiger partial charge in [0.25, 0.3) is 0 Å². The number of methoxy groups -OCH3 is 1. The van der Waals surface area contributed by atoms with Crippen molar-refractivity contribution >= 4 is 0 Å². The molecule has 76 valence electrons. The summed E-state index contributed by atoms with van der Waals surface area (Å²) in [7, 11) is 1.51. The molecule has 0 aromatic rings. The molecule has 0 saturated carbocycles. The standard InChI is InChI=1S/C6H14O2.C2H6O2/c1-4-5-6(2,7)8-3;3-1-2-4/h7H,4-5H2,1-3H3;3-4H,1-2H2. The van der Waals surface area contributed by atoms with Crippen molar-refractivity contribution in [3.63, 3.8) is 0 Å². The quantitative estimate of drug-likeness (QED) is 0.537. The van der Waals surface area contributed by atoms with Crippen molar-refractivity contribution in [2.45, 2.75) is 32.5 Å². The van der Waals surface area contributed by atoms with Crippen LogP contribution >= 0.6 is 0 Å². The van der Waals surface area contributed by atoms with E-state index in [1.54, 1.807) is 6.92 Å². The lowest BCUT2D eigenvalue weighted by Gasteiger charge is -2.19. The Hall–Kier alpha value is -0.160. The molecule has 1 atom stereocenters. The zero-order chi connectivity index (χ0) is 10.0. The zero-order valence-electron chi connectivity index (χ0n) is 8.08. The van der Waals surface area contributed by atoms with Gasteiger partial charge in [0, 0.05) is 13.5 Å². The first-order valence-corrected chi connectivity index (χ1v) is 4.03. The van der Waals surface area contributed by atoms with Crippen LogP contribution in [0, 0.1) is 0 Å². The molecule has 12 heavy (non-hydrogen) atoms. The van der Waals surface area contributed by atoms with E-state index in [-0.39, 0.29) is 13.2 Å². The third kappa shape index (κ3) is 12.5. The molecule has 0 heterocycles. The van der Waals surface area contributed by atoms with E-state index in [9.17, 15) is 0 Å². The van der Waals surface area contributed by atoms with Crippen LogP contribution in [0.1, 0.15) is 26.7 Å². The van der Waals surface area contributed by atoms with Crippen LogP contribution < -0.4 is 0 Å². The van der Waals surface area contributed by atoms with E-state index in [0.29, 0.717) is 6.42 Å². The van der Waals surface area contributed by atoms with Crippen LogP contribution in [-0.2, 0) is 4.74 Å². The minimum atomic E-state index is -0.908. The molecule has 0 aromatic carbocycles. The van der Waals surface area contributed by atoms with Crippen molar-refractivity contribution in [3.05, 3.63) is 0 Å². The van der Waals surface area contributed by atoms with Gasteiger partial charge in [-0.3, -0.25) is 0 Å². The maximum atomic E-state index is 9.10. The van der Waals surface area contributed by atoms with E-state index in [0.717, 1.165) is 6.42 Å². The smallest absolute Gasteiger partial charge is 0.162 e. The predicted octanol–water partition coefficient (Wildman–Crippen LogP) is 0.112. The lowest BCUT2D eigenvalue weighted by atomic mass is 10.2. The van der Waals surface area contributed by atoms with Crippen molar-refractivity contribution in [1.29, 1.82) is 0 Å². The molecule has 0 amide bonds. The summed E-state index contributed by atoms with van der Waals surface area (Å²) in [4.78, 5) is 0. The van der Waals surface area contributed by atoms with Gasteiger partial charge in [0.15, 0.2) is 5.79 Å². The average molecular weight is 180 g/mol. The Morgan fingerprint density at radius 1 is 1.25 bits per heavy atom. The van der Waals surface area contributed by atoms with E-state index < -0.39 is 5.79 Å². The fraction of sp³-hybridized carbons (Fsp3) is 1.00. The molecule has 4 nitrogen and oxygen atoms in total. The van der Waals surface area contributed by atoms with Crippen molar-refractivity contribution in [2.75, 3.05) is 20.3 Å². The molecule has 4 heteroatoms. The van der Waals surface area contributed by atoms with Gasteiger partial charge in [-0.25, -0.2) is 0 Å². The molecule has 1 unspecified atom stereocenters. The molecule has 0 aliphatic rings. The van der Waals surface area contributed by atoms with Gasteiger partial charge in [-0.1, -0.05) is 13.3 Å². The number of hydrogen-bond acceptors (Lipinski definition) is 4. The number of aliphatic hydroxyl groups excluding tert-OH is 2. The van der Waals surface area contributed by atoms with Crippen molar-refractivity contribution in [3.8, 4) is 0 Å². The van der Waals surface area contributed by atoms with Gasteiger partial charge in [0.05, 0.1) is 13.2 Å². The Labute approximate surface area is 73.8 Å². The minimum absolute atomic E-state index is 0.125. The van der Waals surface area contributed by atoms with E-state index in [1.165, 1.54) is 7.11 Å². The monoisotopic (exact) mass is 180 g/mol. The van der Waals surface area contributed by atoms with E-state index >= 15 is 0 Å². The van der Waals surface area contributed by atoms with Crippen molar-refractivity contribution < 1.29 is 20.1 Å². The second kappa shape index (κ2) is 8.93. The van der Waals surface area contributed by atoms with Gasteiger partial charge < -0.3 is 20.1 Å². The molecule has 0 radical (unpaired) electrons. The normalized spacial score (nSPS) is 14.5. The molecular formula is C8H20O4. The molecule has 0 aliphatic heterocycles. The van der Waals surface area contributed by atoms with Gasteiger partial charge >= 0.3 is 0 Å². The summed E-state index contributed by atoms with van der Waals surface area (Å²) < 4.78 is 4.73. The lowest BCUT2D eigenvalue weighted by Crippen LogP contribution is -2.25. The lowest BCUT2D eigenvalue weighted by molar-refractivity contribution is -0.174. The summed E-state index contributed by atoms with van der Waals surface area (Å²) in [6, 6.07) is 0. The third-order valence-corrected chi connectivity index (χ3v) is 1.25. The first-order chi connectivity index (χ1) is 5.54. The van der Waals surface area contributed by atoms with Gasteiger partial charge in [-0.15, -0.1) is 0 Å². The van der Waals surface area contributed by atoms with Crippen LogP contribution in [0.5, 0.6) is 0 Å². The summed E-state index contributed by atoms with van der Waals surface area (Å²) in [6.45, 7) is 3.42. The van der Waals surface area contributed by atoms with Crippen LogP contribution in [0.3, 0.4) is 0 Å². The first kappa shape index (κ1) is 14.4. The molecule has 0 rings (SSSR count). The van der Waals surface area contributed by atoms with Gasteiger partial charge in [-0.05, 0) is 6.92 Å².